The van der Waals surface area contributed by atoms with Crippen molar-refractivity contribution in [2.75, 3.05) is 5.32 Å². The lowest BCUT2D eigenvalue weighted by Gasteiger charge is -2.19. The molecule has 1 fully saturated rings. The van der Waals surface area contributed by atoms with Crippen LogP contribution in [0, 0.1) is 5.92 Å². The monoisotopic (exact) mass is 401 g/mol. The predicted molar refractivity (Wildman–Crippen MR) is 109 cm³/mol. The topological polar surface area (TPSA) is 80.3 Å². The summed E-state index contributed by atoms with van der Waals surface area (Å²) < 4.78 is 5.22. The number of alkyl carbamates (subject to hydrolysis) is 1. The predicted octanol–water partition coefficient (Wildman–Crippen LogP) is 4.78. The summed E-state index contributed by atoms with van der Waals surface area (Å²) in [6.45, 7) is 5.70. The van der Waals surface area contributed by atoms with E-state index < -0.39 is 11.7 Å². The average Bonchev–Trinajstić information content (AvgIpc) is 3.44. The van der Waals surface area contributed by atoms with Gasteiger partial charge in [0.2, 0.25) is 5.91 Å². The minimum atomic E-state index is -0.550. The Morgan fingerprint density at radius 3 is 2.54 bits per heavy atom. The van der Waals surface area contributed by atoms with Gasteiger partial charge < -0.3 is 15.4 Å². The fourth-order valence-electron chi connectivity index (χ4n) is 2.60. The number of aromatic nitrogens is 1. The number of nitrogens with zero attached hydrogens (tertiary/aromatic N) is 1. The molecule has 148 valence electrons. The Hall–Kier alpha value is -2.60. The second-order valence-electron chi connectivity index (χ2n) is 7.85. The van der Waals surface area contributed by atoms with E-state index in [0.29, 0.717) is 10.8 Å². The number of amides is 2. The molecule has 0 spiro atoms. The van der Waals surface area contributed by atoms with Gasteiger partial charge in [-0.15, -0.1) is 0 Å². The first-order chi connectivity index (χ1) is 13.2. The van der Waals surface area contributed by atoms with E-state index in [2.05, 4.69) is 15.6 Å². The van der Waals surface area contributed by atoms with Crippen molar-refractivity contribution in [2.24, 2.45) is 5.92 Å². The lowest BCUT2D eigenvalue weighted by molar-refractivity contribution is -0.117. The third-order valence-corrected chi connectivity index (χ3v) is 4.52. The number of hydrogen-bond donors (Lipinski definition) is 2. The van der Waals surface area contributed by atoms with Crippen LogP contribution in [0.5, 0.6) is 0 Å². The molecule has 3 rings (SSSR count). The molecule has 28 heavy (non-hydrogen) atoms. The summed E-state index contributed by atoms with van der Waals surface area (Å²) in [5, 5.41) is 6.08. The molecule has 0 saturated heterocycles. The zero-order valence-electron chi connectivity index (χ0n) is 16.2. The molecular weight excluding hydrogens is 378 g/mol. The van der Waals surface area contributed by atoms with Gasteiger partial charge in [0.25, 0.3) is 0 Å². The summed E-state index contributed by atoms with van der Waals surface area (Å²) in [7, 11) is 0. The maximum atomic E-state index is 11.9. The highest BCUT2D eigenvalue weighted by Gasteiger charge is 2.29. The molecule has 1 heterocycles. The molecule has 1 aliphatic rings. The van der Waals surface area contributed by atoms with Crippen LogP contribution in [0.3, 0.4) is 0 Å². The van der Waals surface area contributed by atoms with Crippen molar-refractivity contribution >= 4 is 29.4 Å². The molecule has 2 amide bonds. The Kier molecular flexibility index (Phi) is 5.89. The highest BCUT2D eigenvalue weighted by Crippen LogP contribution is 2.31. The van der Waals surface area contributed by atoms with Crippen LogP contribution in [0.15, 0.2) is 36.5 Å². The molecule has 1 saturated carbocycles. The molecule has 1 aliphatic carbocycles. The number of halogens is 1. The number of carbonyl (C=O) groups excluding carboxylic acids is 2. The van der Waals surface area contributed by atoms with E-state index in [1.165, 1.54) is 0 Å². The molecule has 0 bridgehead atoms. The van der Waals surface area contributed by atoms with Gasteiger partial charge in [0.05, 0.1) is 0 Å². The standard InChI is InChI=1S/C21H24ClN3O3/c1-21(2,3)28-20(27)24-12-16-7-6-14(10-17(16)22)15-8-9-23-18(11-15)25-19(26)13-4-5-13/h6-11,13H,4-5,12H2,1-3H3,(H,24,27)(H,23,25,26). The van der Waals surface area contributed by atoms with E-state index in [0.717, 1.165) is 29.5 Å². The number of carbonyl (C=O) groups is 2. The minimum Gasteiger partial charge on any atom is -0.444 e. The summed E-state index contributed by atoms with van der Waals surface area (Å²) in [4.78, 5) is 27.9. The molecule has 0 aliphatic heterocycles. The smallest absolute Gasteiger partial charge is 0.407 e. The molecule has 1 aromatic carbocycles. The Morgan fingerprint density at radius 2 is 1.89 bits per heavy atom. The highest BCUT2D eigenvalue weighted by molar-refractivity contribution is 6.31. The number of hydrogen-bond acceptors (Lipinski definition) is 4. The molecule has 6 nitrogen and oxygen atoms in total. The molecule has 7 heteroatoms. The number of benzene rings is 1. The van der Waals surface area contributed by atoms with Gasteiger partial charge in [0, 0.05) is 23.7 Å². The Bertz CT molecular complexity index is 889. The quantitative estimate of drug-likeness (QED) is 0.755. The average molecular weight is 402 g/mol. The number of ether oxygens (including phenoxy) is 1. The SMILES string of the molecule is CC(C)(C)OC(=O)NCc1ccc(-c2ccnc(NC(=O)C3CC3)c2)cc1Cl. The molecule has 2 aromatic rings. The van der Waals surface area contributed by atoms with Crippen LogP contribution >= 0.6 is 11.6 Å². The van der Waals surface area contributed by atoms with Gasteiger partial charge in [-0.3, -0.25) is 4.79 Å². The van der Waals surface area contributed by atoms with Gasteiger partial charge in [-0.1, -0.05) is 23.7 Å². The Balaban J connectivity index is 1.66. The van der Waals surface area contributed by atoms with Crippen molar-refractivity contribution < 1.29 is 14.3 Å². The van der Waals surface area contributed by atoms with Gasteiger partial charge in [-0.05, 0) is 68.5 Å². The second kappa shape index (κ2) is 8.19. The van der Waals surface area contributed by atoms with E-state index in [1.807, 2.05) is 51.1 Å². The summed E-state index contributed by atoms with van der Waals surface area (Å²) in [5.74, 6) is 0.670. The van der Waals surface area contributed by atoms with Crippen molar-refractivity contribution in [2.45, 2.75) is 45.8 Å². The van der Waals surface area contributed by atoms with Gasteiger partial charge in [0.1, 0.15) is 11.4 Å². The highest BCUT2D eigenvalue weighted by atomic mass is 35.5. The normalized spacial score (nSPS) is 13.7. The maximum Gasteiger partial charge on any atom is 0.407 e. The summed E-state index contributed by atoms with van der Waals surface area (Å²) in [6, 6.07) is 9.29. The molecule has 1 aromatic heterocycles. The zero-order chi connectivity index (χ0) is 20.3. The third-order valence-electron chi connectivity index (χ3n) is 4.17. The fourth-order valence-corrected chi connectivity index (χ4v) is 2.85. The summed E-state index contributed by atoms with van der Waals surface area (Å²) in [6.07, 6.45) is 3.06. The minimum absolute atomic E-state index is 0.0197. The fraction of sp³-hybridized carbons (Fsp3) is 0.381. The zero-order valence-corrected chi connectivity index (χ0v) is 17.0. The van der Waals surface area contributed by atoms with Crippen molar-refractivity contribution in [1.82, 2.24) is 10.3 Å². The van der Waals surface area contributed by atoms with Crippen molar-refractivity contribution in [3.8, 4) is 11.1 Å². The molecular formula is C21H24ClN3O3. The largest absolute Gasteiger partial charge is 0.444 e. The van der Waals surface area contributed by atoms with Crippen LogP contribution in [0.1, 0.15) is 39.2 Å². The van der Waals surface area contributed by atoms with Crippen LogP contribution in [0.2, 0.25) is 5.02 Å². The molecule has 0 unspecified atom stereocenters. The molecule has 0 radical (unpaired) electrons. The molecule has 0 atom stereocenters. The summed E-state index contributed by atoms with van der Waals surface area (Å²) in [5.41, 5.74) is 2.03. The van der Waals surface area contributed by atoms with Crippen molar-refractivity contribution in [1.29, 1.82) is 0 Å². The van der Waals surface area contributed by atoms with E-state index in [9.17, 15) is 9.59 Å². The number of rotatable bonds is 5. The second-order valence-corrected chi connectivity index (χ2v) is 8.26. The van der Waals surface area contributed by atoms with Gasteiger partial charge >= 0.3 is 6.09 Å². The number of nitrogens with one attached hydrogen (secondary N) is 2. The van der Waals surface area contributed by atoms with Gasteiger partial charge in [-0.2, -0.15) is 0 Å². The van der Waals surface area contributed by atoms with E-state index in [-0.39, 0.29) is 18.4 Å². The van der Waals surface area contributed by atoms with E-state index in [4.69, 9.17) is 16.3 Å². The van der Waals surface area contributed by atoms with Crippen LogP contribution in [-0.4, -0.2) is 22.6 Å². The first-order valence-corrected chi connectivity index (χ1v) is 9.61. The van der Waals surface area contributed by atoms with Gasteiger partial charge in [0.15, 0.2) is 0 Å². The lowest BCUT2D eigenvalue weighted by atomic mass is 10.0. The first-order valence-electron chi connectivity index (χ1n) is 9.24. The van der Waals surface area contributed by atoms with Crippen molar-refractivity contribution in [3.63, 3.8) is 0 Å². The van der Waals surface area contributed by atoms with Crippen LogP contribution in [0.4, 0.5) is 10.6 Å². The van der Waals surface area contributed by atoms with Crippen LogP contribution < -0.4 is 10.6 Å². The maximum absolute atomic E-state index is 11.9. The lowest BCUT2D eigenvalue weighted by Crippen LogP contribution is -2.32. The Morgan fingerprint density at radius 1 is 1.18 bits per heavy atom. The van der Waals surface area contributed by atoms with Crippen molar-refractivity contribution in [3.05, 3.63) is 47.1 Å². The summed E-state index contributed by atoms with van der Waals surface area (Å²) >= 11 is 6.39. The third kappa shape index (κ3) is 5.70. The number of anilines is 1. The van der Waals surface area contributed by atoms with E-state index in [1.54, 1.807) is 6.20 Å². The Labute approximate surface area is 169 Å². The first kappa shape index (κ1) is 20.1. The molecule has 2 N–H and O–H groups in total. The van der Waals surface area contributed by atoms with Crippen LogP contribution in [0.25, 0.3) is 11.1 Å². The number of pyridine rings is 1. The van der Waals surface area contributed by atoms with Crippen LogP contribution in [-0.2, 0) is 16.1 Å². The van der Waals surface area contributed by atoms with E-state index >= 15 is 0 Å². The van der Waals surface area contributed by atoms with Gasteiger partial charge in [-0.25, -0.2) is 9.78 Å².